The van der Waals surface area contributed by atoms with Gasteiger partial charge in [-0.05, 0) is 54.9 Å². The molecule has 2 amide bonds. The fourth-order valence-electron chi connectivity index (χ4n) is 3.25. The number of rotatable bonds is 6. The molecule has 2 rings (SSSR count). The molecule has 1 fully saturated rings. The predicted octanol–water partition coefficient (Wildman–Crippen LogP) is 3.50. The second kappa shape index (κ2) is 9.34. The molecule has 0 spiro atoms. The van der Waals surface area contributed by atoms with E-state index in [0.717, 1.165) is 23.0 Å². The molecule has 0 bridgehead atoms. The fraction of sp³-hybridized carbons (Fsp3) is 0.579. The van der Waals surface area contributed by atoms with Crippen LogP contribution in [-0.2, 0) is 9.59 Å². The van der Waals surface area contributed by atoms with Gasteiger partial charge in [-0.1, -0.05) is 31.4 Å². The van der Waals surface area contributed by atoms with E-state index < -0.39 is 0 Å². The molecule has 1 saturated carbocycles. The summed E-state index contributed by atoms with van der Waals surface area (Å²) in [7, 11) is 3.71. The number of hydrogen-bond donors (Lipinski definition) is 1. The van der Waals surface area contributed by atoms with Crippen LogP contribution in [0.2, 0.25) is 0 Å². The zero-order valence-electron chi connectivity index (χ0n) is 15.3. The normalized spacial score (nSPS) is 16.5. The summed E-state index contributed by atoms with van der Waals surface area (Å²) in [6.07, 6.45) is 5.83. The highest BCUT2D eigenvalue weighted by Gasteiger charge is 2.28. The molecule has 1 aliphatic rings. The van der Waals surface area contributed by atoms with E-state index in [1.165, 1.54) is 19.3 Å². The number of halogens is 1. The van der Waals surface area contributed by atoms with Crippen LogP contribution in [0.25, 0.3) is 0 Å². The number of anilines is 1. The van der Waals surface area contributed by atoms with Crippen molar-refractivity contribution in [1.82, 2.24) is 9.80 Å². The summed E-state index contributed by atoms with van der Waals surface area (Å²) in [6.45, 7) is 2.04. The van der Waals surface area contributed by atoms with Gasteiger partial charge in [0, 0.05) is 17.6 Å². The SMILES string of the molecule is C[C@@H](C(=O)N(C)C1CCCCC1)N(C)CC(=O)Nc1ccccc1Br. The Hall–Kier alpha value is -1.40. The van der Waals surface area contributed by atoms with E-state index >= 15 is 0 Å². The van der Waals surface area contributed by atoms with Crippen LogP contribution in [-0.4, -0.2) is 54.3 Å². The lowest BCUT2D eigenvalue weighted by Crippen LogP contribution is -2.49. The van der Waals surface area contributed by atoms with Gasteiger partial charge in [0.1, 0.15) is 0 Å². The zero-order valence-corrected chi connectivity index (χ0v) is 16.9. The summed E-state index contributed by atoms with van der Waals surface area (Å²) < 4.78 is 0.840. The highest BCUT2D eigenvalue weighted by Crippen LogP contribution is 2.23. The molecule has 25 heavy (non-hydrogen) atoms. The van der Waals surface area contributed by atoms with Crippen LogP contribution >= 0.6 is 15.9 Å². The van der Waals surface area contributed by atoms with E-state index in [1.54, 1.807) is 4.90 Å². The van der Waals surface area contributed by atoms with Crippen molar-refractivity contribution in [1.29, 1.82) is 0 Å². The van der Waals surface area contributed by atoms with Crippen molar-refractivity contribution >= 4 is 33.4 Å². The van der Waals surface area contributed by atoms with Gasteiger partial charge in [0.25, 0.3) is 0 Å². The van der Waals surface area contributed by atoms with Crippen molar-refractivity contribution in [3.05, 3.63) is 28.7 Å². The van der Waals surface area contributed by atoms with Crippen molar-refractivity contribution in [2.24, 2.45) is 0 Å². The molecule has 138 valence electrons. The van der Waals surface area contributed by atoms with Gasteiger partial charge >= 0.3 is 0 Å². The summed E-state index contributed by atoms with van der Waals surface area (Å²) in [5.41, 5.74) is 0.735. The highest BCUT2D eigenvalue weighted by atomic mass is 79.9. The van der Waals surface area contributed by atoms with Crippen LogP contribution < -0.4 is 5.32 Å². The zero-order chi connectivity index (χ0) is 18.4. The molecular formula is C19H28BrN3O2. The number of hydrogen-bond acceptors (Lipinski definition) is 3. The molecule has 0 aliphatic heterocycles. The second-order valence-electron chi connectivity index (χ2n) is 6.86. The first kappa shape index (κ1) is 19.9. The summed E-state index contributed by atoms with van der Waals surface area (Å²) in [4.78, 5) is 28.7. The third kappa shape index (κ3) is 5.54. The molecule has 0 unspecified atom stereocenters. The Morgan fingerprint density at radius 2 is 1.84 bits per heavy atom. The molecule has 1 aromatic carbocycles. The molecule has 1 atom stereocenters. The maximum Gasteiger partial charge on any atom is 0.239 e. The van der Waals surface area contributed by atoms with Crippen molar-refractivity contribution in [2.45, 2.75) is 51.1 Å². The Labute approximate surface area is 158 Å². The van der Waals surface area contributed by atoms with Gasteiger partial charge in [-0.3, -0.25) is 14.5 Å². The minimum Gasteiger partial charge on any atom is -0.341 e. The Bertz CT molecular complexity index is 602. The molecule has 1 N–H and O–H groups in total. The topological polar surface area (TPSA) is 52.7 Å². The quantitative estimate of drug-likeness (QED) is 0.781. The summed E-state index contributed by atoms with van der Waals surface area (Å²) in [6, 6.07) is 7.50. The van der Waals surface area contributed by atoms with Crippen molar-refractivity contribution in [2.75, 3.05) is 26.0 Å². The molecule has 0 aromatic heterocycles. The number of para-hydroxylation sites is 1. The number of nitrogens with one attached hydrogen (secondary N) is 1. The van der Waals surface area contributed by atoms with Crippen molar-refractivity contribution < 1.29 is 9.59 Å². The first-order valence-corrected chi connectivity index (χ1v) is 9.70. The van der Waals surface area contributed by atoms with Crippen molar-refractivity contribution in [3.8, 4) is 0 Å². The Morgan fingerprint density at radius 1 is 1.20 bits per heavy atom. The third-order valence-corrected chi connectivity index (χ3v) is 5.72. The molecule has 5 nitrogen and oxygen atoms in total. The van der Waals surface area contributed by atoms with E-state index in [2.05, 4.69) is 21.2 Å². The number of carbonyl (C=O) groups excluding carboxylic acids is 2. The minimum absolute atomic E-state index is 0.0862. The lowest BCUT2D eigenvalue weighted by Gasteiger charge is -2.35. The monoisotopic (exact) mass is 409 g/mol. The van der Waals surface area contributed by atoms with Gasteiger partial charge < -0.3 is 10.2 Å². The van der Waals surface area contributed by atoms with Gasteiger partial charge in [-0.2, -0.15) is 0 Å². The highest BCUT2D eigenvalue weighted by molar-refractivity contribution is 9.10. The van der Waals surface area contributed by atoms with E-state index in [9.17, 15) is 9.59 Å². The molecule has 6 heteroatoms. The average Bonchev–Trinajstić information content (AvgIpc) is 2.62. The number of likely N-dealkylation sites (N-methyl/N-ethyl adjacent to an activating group) is 2. The Balaban J connectivity index is 1.88. The molecular weight excluding hydrogens is 382 g/mol. The number of benzene rings is 1. The molecule has 1 aliphatic carbocycles. The number of nitrogens with zero attached hydrogens (tertiary/aromatic N) is 2. The Kier molecular flexibility index (Phi) is 7.44. The van der Waals surface area contributed by atoms with Gasteiger partial charge in [0.2, 0.25) is 11.8 Å². The first-order chi connectivity index (χ1) is 11.9. The van der Waals surface area contributed by atoms with E-state index in [-0.39, 0.29) is 24.4 Å². The molecule has 1 aromatic rings. The van der Waals surface area contributed by atoms with Crippen LogP contribution in [0.15, 0.2) is 28.7 Å². The van der Waals surface area contributed by atoms with Crippen LogP contribution in [0.4, 0.5) is 5.69 Å². The minimum atomic E-state index is -0.322. The smallest absolute Gasteiger partial charge is 0.239 e. The third-order valence-electron chi connectivity index (χ3n) is 5.03. The van der Waals surface area contributed by atoms with E-state index in [4.69, 9.17) is 0 Å². The van der Waals surface area contributed by atoms with Gasteiger partial charge in [0.05, 0.1) is 18.3 Å². The molecule has 0 saturated heterocycles. The lowest BCUT2D eigenvalue weighted by atomic mass is 9.94. The fourth-order valence-corrected chi connectivity index (χ4v) is 3.63. The number of carbonyl (C=O) groups is 2. The van der Waals surface area contributed by atoms with Crippen LogP contribution in [0.1, 0.15) is 39.0 Å². The predicted molar refractivity (Wildman–Crippen MR) is 105 cm³/mol. The largest absolute Gasteiger partial charge is 0.341 e. The lowest BCUT2D eigenvalue weighted by molar-refractivity contribution is -0.137. The summed E-state index contributed by atoms with van der Waals surface area (Å²) >= 11 is 3.42. The average molecular weight is 410 g/mol. The van der Waals surface area contributed by atoms with Gasteiger partial charge in [-0.15, -0.1) is 0 Å². The summed E-state index contributed by atoms with van der Waals surface area (Å²) in [5, 5.41) is 2.88. The Morgan fingerprint density at radius 3 is 2.48 bits per heavy atom. The second-order valence-corrected chi connectivity index (χ2v) is 7.71. The molecule has 0 radical (unpaired) electrons. The van der Waals surface area contributed by atoms with Gasteiger partial charge in [0.15, 0.2) is 0 Å². The maximum atomic E-state index is 12.7. The van der Waals surface area contributed by atoms with Crippen LogP contribution in [0, 0.1) is 0 Å². The number of amides is 2. The standard InChI is InChI=1S/C19H28BrN3O2/c1-14(19(25)23(3)15-9-5-4-6-10-15)22(2)13-18(24)21-17-12-8-7-11-16(17)20/h7-8,11-12,14-15H,4-6,9-10,13H2,1-3H3,(H,21,24)/t14-/m0/s1. The van der Waals surface area contributed by atoms with Crippen molar-refractivity contribution in [3.63, 3.8) is 0 Å². The summed E-state index contributed by atoms with van der Waals surface area (Å²) in [5.74, 6) is -0.0440. The van der Waals surface area contributed by atoms with Gasteiger partial charge in [-0.25, -0.2) is 0 Å². The molecule has 0 heterocycles. The van der Waals surface area contributed by atoms with Crippen LogP contribution in [0.5, 0.6) is 0 Å². The maximum absolute atomic E-state index is 12.7. The van der Waals surface area contributed by atoms with E-state index in [1.807, 2.05) is 50.2 Å². The van der Waals surface area contributed by atoms with E-state index in [0.29, 0.717) is 6.04 Å². The first-order valence-electron chi connectivity index (χ1n) is 8.91. The van der Waals surface area contributed by atoms with Crippen LogP contribution in [0.3, 0.4) is 0 Å².